The molecule has 0 spiro atoms. The molecule has 1 heterocycles. The molecule has 1 unspecified atom stereocenters. The lowest BCUT2D eigenvalue weighted by Gasteiger charge is -2.23. The number of hydrogen-bond donors (Lipinski definition) is 1. The van der Waals surface area contributed by atoms with Crippen LogP contribution in [0.15, 0.2) is 0 Å². The molecule has 2 N–H and O–H groups in total. The van der Waals surface area contributed by atoms with Gasteiger partial charge >= 0.3 is 0 Å². The van der Waals surface area contributed by atoms with E-state index in [2.05, 4.69) is 18.7 Å². The molecule has 0 radical (unpaired) electrons. The van der Waals surface area contributed by atoms with Crippen molar-refractivity contribution in [3.8, 4) is 0 Å². The minimum absolute atomic E-state index is 0.0707. The van der Waals surface area contributed by atoms with E-state index in [0.29, 0.717) is 13.0 Å². The smallest absolute Gasteiger partial charge is 0.223 e. The minimum atomic E-state index is -0.352. The van der Waals surface area contributed by atoms with Gasteiger partial charge in [-0.3, -0.25) is 9.59 Å². The number of rotatable bonds is 9. The summed E-state index contributed by atoms with van der Waals surface area (Å²) in [7, 11) is 0. The van der Waals surface area contributed by atoms with Crippen molar-refractivity contribution in [2.24, 2.45) is 11.7 Å². The summed E-state index contributed by atoms with van der Waals surface area (Å²) in [4.78, 5) is 27.0. The second-order valence-corrected chi connectivity index (χ2v) is 5.34. The SMILES string of the molecule is CCCN(CCC)CCCN1CC(C(N)=O)CC1=O. The van der Waals surface area contributed by atoms with Gasteiger partial charge < -0.3 is 15.5 Å². The molecular weight excluding hydrogens is 242 g/mol. The Bertz CT molecular complexity index is 301. The van der Waals surface area contributed by atoms with Crippen molar-refractivity contribution in [3.63, 3.8) is 0 Å². The van der Waals surface area contributed by atoms with Crippen LogP contribution >= 0.6 is 0 Å². The fourth-order valence-electron chi connectivity index (χ4n) is 2.63. The van der Waals surface area contributed by atoms with Gasteiger partial charge in [0.15, 0.2) is 0 Å². The molecule has 5 heteroatoms. The number of likely N-dealkylation sites (tertiary alicyclic amines) is 1. The number of carbonyl (C=O) groups excluding carboxylic acids is 2. The summed E-state index contributed by atoms with van der Waals surface area (Å²) in [5, 5.41) is 0. The van der Waals surface area contributed by atoms with Gasteiger partial charge in [0, 0.05) is 19.5 Å². The Labute approximate surface area is 116 Å². The zero-order valence-corrected chi connectivity index (χ0v) is 12.2. The van der Waals surface area contributed by atoms with E-state index in [9.17, 15) is 9.59 Å². The molecule has 1 aliphatic heterocycles. The van der Waals surface area contributed by atoms with Gasteiger partial charge in [-0.1, -0.05) is 13.8 Å². The molecular formula is C14H27N3O2. The van der Waals surface area contributed by atoms with Gasteiger partial charge in [-0.2, -0.15) is 0 Å². The van der Waals surface area contributed by atoms with Crippen LogP contribution in [0.25, 0.3) is 0 Å². The molecule has 110 valence electrons. The van der Waals surface area contributed by atoms with Crippen LogP contribution in [0.2, 0.25) is 0 Å². The van der Waals surface area contributed by atoms with Crippen LogP contribution in [0.1, 0.15) is 39.5 Å². The summed E-state index contributed by atoms with van der Waals surface area (Å²) < 4.78 is 0. The first-order valence-corrected chi connectivity index (χ1v) is 7.37. The third kappa shape index (κ3) is 5.19. The molecule has 1 atom stereocenters. The Balaban J connectivity index is 2.28. The summed E-state index contributed by atoms with van der Waals surface area (Å²) in [6, 6.07) is 0. The second-order valence-electron chi connectivity index (χ2n) is 5.34. The van der Waals surface area contributed by atoms with Gasteiger partial charge in [-0.15, -0.1) is 0 Å². The number of nitrogens with zero attached hydrogens (tertiary/aromatic N) is 2. The third-order valence-corrected chi connectivity index (χ3v) is 3.60. The highest BCUT2D eigenvalue weighted by molar-refractivity contribution is 5.88. The summed E-state index contributed by atoms with van der Waals surface area (Å²) in [5.74, 6) is -0.564. The Hall–Kier alpha value is -1.10. The van der Waals surface area contributed by atoms with Gasteiger partial charge in [0.05, 0.1) is 5.92 Å². The van der Waals surface area contributed by atoms with Crippen LogP contribution in [-0.2, 0) is 9.59 Å². The zero-order chi connectivity index (χ0) is 14.3. The molecule has 1 aliphatic rings. The van der Waals surface area contributed by atoms with Gasteiger partial charge in [0.1, 0.15) is 0 Å². The molecule has 0 aliphatic carbocycles. The van der Waals surface area contributed by atoms with Gasteiger partial charge in [-0.05, 0) is 38.9 Å². The topological polar surface area (TPSA) is 66.6 Å². The van der Waals surface area contributed by atoms with E-state index < -0.39 is 0 Å². The highest BCUT2D eigenvalue weighted by Gasteiger charge is 2.32. The minimum Gasteiger partial charge on any atom is -0.369 e. The molecule has 2 amide bonds. The molecule has 19 heavy (non-hydrogen) atoms. The molecule has 5 nitrogen and oxygen atoms in total. The molecule has 1 fully saturated rings. The number of primary amides is 1. The monoisotopic (exact) mass is 269 g/mol. The van der Waals surface area contributed by atoms with Gasteiger partial charge in [-0.25, -0.2) is 0 Å². The first-order valence-electron chi connectivity index (χ1n) is 7.37. The predicted molar refractivity (Wildman–Crippen MR) is 75.5 cm³/mol. The average molecular weight is 269 g/mol. The standard InChI is InChI=1S/C14H27N3O2/c1-3-6-16(7-4-2)8-5-9-17-11-12(14(15)19)10-13(17)18/h12H,3-11H2,1-2H3,(H2,15,19). The number of amides is 2. The van der Waals surface area contributed by atoms with Crippen molar-refractivity contribution in [2.75, 3.05) is 32.7 Å². The summed E-state index contributed by atoms with van der Waals surface area (Å²) in [6.07, 6.45) is 3.58. The highest BCUT2D eigenvalue weighted by Crippen LogP contribution is 2.17. The van der Waals surface area contributed by atoms with Gasteiger partial charge in [0.2, 0.25) is 11.8 Å². The summed E-state index contributed by atoms with van der Waals surface area (Å²) in [6.45, 7) is 8.88. The van der Waals surface area contributed by atoms with Crippen LogP contribution in [-0.4, -0.2) is 54.3 Å². The Morgan fingerprint density at radius 3 is 2.42 bits per heavy atom. The van der Waals surface area contributed by atoms with E-state index >= 15 is 0 Å². The summed E-state index contributed by atoms with van der Waals surface area (Å²) in [5.41, 5.74) is 5.25. The Morgan fingerprint density at radius 1 is 1.32 bits per heavy atom. The predicted octanol–water partition coefficient (Wildman–Crippen LogP) is 0.832. The maximum Gasteiger partial charge on any atom is 0.223 e. The highest BCUT2D eigenvalue weighted by atomic mass is 16.2. The molecule has 1 rings (SSSR count). The fourth-order valence-corrected chi connectivity index (χ4v) is 2.63. The van der Waals surface area contributed by atoms with E-state index in [1.54, 1.807) is 4.90 Å². The first-order chi connectivity index (χ1) is 9.08. The van der Waals surface area contributed by atoms with Crippen LogP contribution in [0.4, 0.5) is 0 Å². The molecule has 0 aromatic carbocycles. The van der Waals surface area contributed by atoms with E-state index in [1.807, 2.05) is 0 Å². The summed E-state index contributed by atoms with van der Waals surface area (Å²) >= 11 is 0. The number of nitrogens with two attached hydrogens (primary N) is 1. The lowest BCUT2D eigenvalue weighted by Crippen LogP contribution is -2.33. The first kappa shape index (κ1) is 16.0. The normalized spacial score (nSPS) is 19.4. The van der Waals surface area contributed by atoms with Crippen LogP contribution in [0.3, 0.4) is 0 Å². The van der Waals surface area contributed by atoms with E-state index in [1.165, 1.54) is 0 Å². The lowest BCUT2D eigenvalue weighted by atomic mass is 10.1. The van der Waals surface area contributed by atoms with Crippen molar-refractivity contribution < 1.29 is 9.59 Å². The fraction of sp³-hybridized carbons (Fsp3) is 0.857. The molecule has 0 aromatic heterocycles. The van der Waals surface area contributed by atoms with Crippen LogP contribution < -0.4 is 5.73 Å². The molecule has 0 aromatic rings. The van der Waals surface area contributed by atoms with Crippen molar-refractivity contribution in [2.45, 2.75) is 39.5 Å². The molecule has 0 bridgehead atoms. The van der Waals surface area contributed by atoms with Crippen LogP contribution in [0.5, 0.6) is 0 Å². The molecule has 0 saturated carbocycles. The van der Waals surface area contributed by atoms with Gasteiger partial charge in [0.25, 0.3) is 0 Å². The zero-order valence-electron chi connectivity index (χ0n) is 12.2. The van der Waals surface area contributed by atoms with Crippen molar-refractivity contribution in [3.05, 3.63) is 0 Å². The van der Waals surface area contributed by atoms with Crippen molar-refractivity contribution in [1.82, 2.24) is 9.80 Å². The third-order valence-electron chi connectivity index (χ3n) is 3.60. The van der Waals surface area contributed by atoms with E-state index in [0.717, 1.165) is 45.4 Å². The number of carbonyl (C=O) groups is 2. The largest absolute Gasteiger partial charge is 0.369 e. The Morgan fingerprint density at radius 2 is 1.95 bits per heavy atom. The van der Waals surface area contributed by atoms with E-state index in [-0.39, 0.29) is 17.7 Å². The van der Waals surface area contributed by atoms with E-state index in [4.69, 9.17) is 5.73 Å². The average Bonchev–Trinajstić information content (AvgIpc) is 2.72. The molecule has 1 saturated heterocycles. The lowest BCUT2D eigenvalue weighted by molar-refractivity contribution is -0.128. The second kappa shape index (κ2) is 8.15. The quantitative estimate of drug-likeness (QED) is 0.674. The van der Waals surface area contributed by atoms with Crippen molar-refractivity contribution >= 4 is 11.8 Å². The van der Waals surface area contributed by atoms with Crippen LogP contribution in [0, 0.1) is 5.92 Å². The number of hydrogen-bond acceptors (Lipinski definition) is 3. The maximum atomic E-state index is 11.7. The Kier molecular flexibility index (Phi) is 6.84. The van der Waals surface area contributed by atoms with Crippen molar-refractivity contribution in [1.29, 1.82) is 0 Å². The maximum absolute atomic E-state index is 11.7.